The van der Waals surface area contributed by atoms with Crippen LogP contribution in [0.5, 0.6) is 0 Å². The van der Waals surface area contributed by atoms with Gasteiger partial charge in [-0.1, -0.05) is 6.07 Å². The quantitative estimate of drug-likeness (QED) is 0.809. The minimum Gasteiger partial charge on any atom is -0.373 e. The zero-order chi connectivity index (χ0) is 18.0. The van der Waals surface area contributed by atoms with Crippen molar-refractivity contribution in [3.05, 3.63) is 23.9 Å². The smallest absolute Gasteiger partial charge is 0.128 e. The first-order valence-corrected chi connectivity index (χ1v) is 9.86. The Morgan fingerprint density at radius 3 is 2.44 bits per heavy atom. The molecule has 1 aromatic heterocycles. The molecule has 0 unspecified atom stereocenters. The summed E-state index contributed by atoms with van der Waals surface area (Å²) in [6.45, 7) is 12.0. The van der Waals surface area contributed by atoms with Gasteiger partial charge in [0, 0.05) is 31.9 Å². The van der Waals surface area contributed by atoms with E-state index in [9.17, 15) is 0 Å². The lowest BCUT2D eigenvalue weighted by Crippen LogP contribution is -2.50. The second-order valence-corrected chi connectivity index (χ2v) is 9.04. The van der Waals surface area contributed by atoms with Gasteiger partial charge in [-0.3, -0.25) is 0 Å². The van der Waals surface area contributed by atoms with E-state index in [4.69, 9.17) is 4.74 Å². The predicted molar refractivity (Wildman–Crippen MR) is 104 cm³/mol. The van der Waals surface area contributed by atoms with Gasteiger partial charge in [-0.25, -0.2) is 4.98 Å². The zero-order valence-corrected chi connectivity index (χ0v) is 16.7. The van der Waals surface area contributed by atoms with Crippen molar-refractivity contribution in [1.82, 2.24) is 9.88 Å². The second kappa shape index (κ2) is 7.63. The Morgan fingerprint density at radius 2 is 1.88 bits per heavy atom. The van der Waals surface area contributed by atoms with Crippen molar-refractivity contribution in [2.45, 2.75) is 71.1 Å². The molecule has 2 aliphatic rings. The Morgan fingerprint density at radius 1 is 1.20 bits per heavy atom. The summed E-state index contributed by atoms with van der Waals surface area (Å²) >= 11 is 0. The second-order valence-electron chi connectivity index (χ2n) is 9.04. The summed E-state index contributed by atoms with van der Waals surface area (Å²) in [5.74, 6) is 1.95. The molecule has 1 saturated carbocycles. The van der Waals surface area contributed by atoms with E-state index in [1.807, 2.05) is 6.20 Å². The molecule has 0 aromatic carbocycles. The van der Waals surface area contributed by atoms with Gasteiger partial charge >= 0.3 is 0 Å². The minimum absolute atomic E-state index is 0.00888. The summed E-state index contributed by atoms with van der Waals surface area (Å²) in [5.41, 5.74) is 1.22. The van der Waals surface area contributed by atoms with E-state index in [2.05, 4.69) is 61.7 Å². The van der Waals surface area contributed by atoms with Gasteiger partial charge < -0.3 is 14.5 Å². The molecule has 2 heterocycles. The molecular formula is C21H35N3O. The van der Waals surface area contributed by atoms with E-state index in [0.717, 1.165) is 24.8 Å². The first-order chi connectivity index (χ1) is 11.8. The Labute approximate surface area is 153 Å². The third-order valence-corrected chi connectivity index (χ3v) is 5.59. The lowest BCUT2D eigenvalue weighted by atomic mass is 9.86. The fraction of sp³-hybridized carbons (Fsp3) is 0.762. The van der Waals surface area contributed by atoms with Crippen molar-refractivity contribution < 1.29 is 4.74 Å². The van der Waals surface area contributed by atoms with Crippen LogP contribution in [0.2, 0.25) is 0 Å². The van der Waals surface area contributed by atoms with Crippen LogP contribution >= 0.6 is 0 Å². The van der Waals surface area contributed by atoms with E-state index in [1.54, 1.807) is 0 Å². The fourth-order valence-corrected chi connectivity index (χ4v) is 4.04. The number of aryl methyl sites for hydroxylation is 1. The van der Waals surface area contributed by atoms with E-state index < -0.39 is 0 Å². The van der Waals surface area contributed by atoms with Gasteiger partial charge in [0.05, 0.1) is 11.7 Å². The molecule has 2 fully saturated rings. The Kier molecular flexibility index (Phi) is 5.69. The van der Waals surface area contributed by atoms with Crippen molar-refractivity contribution in [2.24, 2.45) is 5.92 Å². The number of hydrogen-bond donors (Lipinski definition) is 0. The molecule has 140 valence electrons. The van der Waals surface area contributed by atoms with Crippen molar-refractivity contribution in [3.8, 4) is 0 Å². The van der Waals surface area contributed by atoms with Crippen molar-refractivity contribution in [3.63, 3.8) is 0 Å². The molecule has 0 N–H and O–H groups in total. The molecule has 1 aromatic rings. The minimum atomic E-state index is -0.00888. The van der Waals surface area contributed by atoms with Crippen molar-refractivity contribution in [1.29, 1.82) is 0 Å². The molecule has 0 bridgehead atoms. The number of rotatable bonds is 5. The topological polar surface area (TPSA) is 28.6 Å². The first kappa shape index (κ1) is 18.7. The van der Waals surface area contributed by atoms with Crippen LogP contribution in [0.25, 0.3) is 0 Å². The molecule has 1 aliphatic carbocycles. The van der Waals surface area contributed by atoms with Gasteiger partial charge in [-0.2, -0.15) is 0 Å². The fourth-order valence-electron chi connectivity index (χ4n) is 4.04. The summed E-state index contributed by atoms with van der Waals surface area (Å²) in [6.07, 6.45) is 7.37. The summed E-state index contributed by atoms with van der Waals surface area (Å²) in [4.78, 5) is 9.59. The number of piperidine rings is 1. The molecule has 4 heteroatoms. The third kappa shape index (κ3) is 5.18. The molecule has 1 aliphatic heterocycles. The standard InChI is InChI=1S/C21H35N3O/c1-16-6-7-20(22-14-16)24-10-8-17(9-11-24)15-23(5)18-12-19(13-18)25-21(2,3)4/h6-7,14,17-19H,8-13,15H2,1-5H3. The van der Waals surface area contributed by atoms with Gasteiger partial charge in [-0.15, -0.1) is 0 Å². The lowest BCUT2D eigenvalue weighted by molar-refractivity contribution is -0.118. The van der Waals surface area contributed by atoms with Crippen LogP contribution in [-0.2, 0) is 4.74 Å². The van der Waals surface area contributed by atoms with E-state index >= 15 is 0 Å². The zero-order valence-electron chi connectivity index (χ0n) is 16.7. The Hall–Kier alpha value is -1.13. The van der Waals surface area contributed by atoms with Gasteiger partial charge in [-0.05, 0) is 78.0 Å². The maximum absolute atomic E-state index is 6.08. The molecule has 25 heavy (non-hydrogen) atoms. The van der Waals surface area contributed by atoms with Crippen LogP contribution in [0.3, 0.4) is 0 Å². The highest BCUT2D eigenvalue weighted by Gasteiger charge is 2.36. The normalized spacial score (nSPS) is 25.3. The molecule has 3 rings (SSSR count). The Bertz CT molecular complexity index is 537. The third-order valence-electron chi connectivity index (χ3n) is 5.59. The summed E-state index contributed by atoms with van der Waals surface area (Å²) in [6, 6.07) is 5.03. The van der Waals surface area contributed by atoms with Crippen molar-refractivity contribution in [2.75, 3.05) is 31.6 Å². The van der Waals surface area contributed by atoms with E-state index in [0.29, 0.717) is 12.1 Å². The predicted octanol–water partition coefficient (Wildman–Crippen LogP) is 3.88. The monoisotopic (exact) mass is 345 g/mol. The van der Waals surface area contributed by atoms with Crippen molar-refractivity contribution >= 4 is 5.82 Å². The highest BCUT2D eigenvalue weighted by molar-refractivity contribution is 5.39. The van der Waals surface area contributed by atoms with Crippen LogP contribution in [0.1, 0.15) is 52.0 Å². The van der Waals surface area contributed by atoms with Gasteiger partial charge in [0.15, 0.2) is 0 Å². The van der Waals surface area contributed by atoms with Crippen LogP contribution in [0.15, 0.2) is 18.3 Å². The van der Waals surface area contributed by atoms with Crippen LogP contribution in [0, 0.1) is 12.8 Å². The summed E-state index contributed by atoms with van der Waals surface area (Å²) in [7, 11) is 2.30. The Balaban J connectivity index is 1.38. The number of ether oxygens (including phenoxy) is 1. The first-order valence-electron chi connectivity index (χ1n) is 9.86. The summed E-state index contributed by atoms with van der Waals surface area (Å²) < 4.78 is 6.08. The number of hydrogen-bond acceptors (Lipinski definition) is 4. The maximum atomic E-state index is 6.08. The van der Waals surface area contributed by atoms with Crippen LogP contribution in [-0.4, -0.2) is 54.3 Å². The molecule has 4 nitrogen and oxygen atoms in total. The average Bonchev–Trinajstić information content (AvgIpc) is 2.51. The number of aromatic nitrogens is 1. The lowest BCUT2D eigenvalue weighted by Gasteiger charge is -2.45. The molecular weight excluding hydrogens is 310 g/mol. The van der Waals surface area contributed by atoms with Crippen LogP contribution < -0.4 is 4.90 Å². The molecule has 0 amide bonds. The van der Waals surface area contributed by atoms with E-state index in [1.165, 1.54) is 37.8 Å². The molecule has 0 spiro atoms. The highest BCUT2D eigenvalue weighted by Crippen LogP contribution is 2.32. The van der Waals surface area contributed by atoms with Gasteiger partial charge in [0.1, 0.15) is 5.82 Å². The molecule has 0 radical (unpaired) electrons. The average molecular weight is 346 g/mol. The molecule has 1 saturated heterocycles. The van der Waals surface area contributed by atoms with Gasteiger partial charge in [0.25, 0.3) is 0 Å². The van der Waals surface area contributed by atoms with Crippen LogP contribution in [0.4, 0.5) is 5.82 Å². The molecule has 0 atom stereocenters. The highest BCUT2D eigenvalue weighted by atomic mass is 16.5. The maximum Gasteiger partial charge on any atom is 0.128 e. The number of pyridine rings is 1. The van der Waals surface area contributed by atoms with E-state index in [-0.39, 0.29) is 5.60 Å². The van der Waals surface area contributed by atoms with Gasteiger partial charge in [0.2, 0.25) is 0 Å². The number of nitrogens with zero attached hydrogens (tertiary/aromatic N) is 3. The largest absolute Gasteiger partial charge is 0.373 e. The summed E-state index contributed by atoms with van der Waals surface area (Å²) in [5, 5.41) is 0. The SMILES string of the molecule is Cc1ccc(N2CCC(CN(C)C3CC(OC(C)(C)C)C3)CC2)nc1. The number of anilines is 1.